The van der Waals surface area contributed by atoms with Crippen molar-refractivity contribution in [2.45, 2.75) is 18.0 Å². The Bertz CT molecular complexity index is 849. The number of para-hydroxylation sites is 1. The summed E-state index contributed by atoms with van der Waals surface area (Å²) in [6.07, 6.45) is 2.45. The first-order chi connectivity index (χ1) is 12.8. The number of carbonyl (C=O) groups is 1. The van der Waals surface area contributed by atoms with Crippen molar-refractivity contribution in [1.29, 1.82) is 0 Å². The Morgan fingerprint density at radius 2 is 1.85 bits per heavy atom. The van der Waals surface area contributed by atoms with Crippen LogP contribution in [0.25, 0.3) is 0 Å². The zero-order valence-electron chi connectivity index (χ0n) is 14.7. The molecule has 0 fully saturated rings. The highest BCUT2D eigenvalue weighted by Gasteiger charge is 2.09. The van der Waals surface area contributed by atoms with Crippen molar-refractivity contribution in [3.8, 4) is 5.75 Å². The van der Waals surface area contributed by atoms with Crippen molar-refractivity contribution in [3.63, 3.8) is 0 Å². The van der Waals surface area contributed by atoms with Gasteiger partial charge in [-0.25, -0.2) is 0 Å². The van der Waals surface area contributed by atoms with Crippen LogP contribution in [0.4, 0.5) is 0 Å². The van der Waals surface area contributed by atoms with Crippen molar-refractivity contribution in [3.05, 3.63) is 71.5 Å². The third-order valence-electron chi connectivity index (χ3n) is 3.95. The molecular weight excluding hydrogens is 346 g/mol. The summed E-state index contributed by atoms with van der Waals surface area (Å²) in [7, 11) is 2.00. The minimum atomic E-state index is 0.562. The smallest absolute Gasteiger partial charge is 0.190 e. The second-order valence-electron chi connectivity index (χ2n) is 5.83. The first kappa shape index (κ1) is 18.2. The molecule has 0 radical (unpaired) electrons. The number of carbonyl (C=O) groups excluding carboxylic acids is 1. The maximum absolute atomic E-state index is 11.0. The van der Waals surface area contributed by atoms with E-state index in [0.29, 0.717) is 17.9 Å². The molecule has 6 heteroatoms. The van der Waals surface area contributed by atoms with E-state index >= 15 is 0 Å². The molecule has 0 unspecified atom stereocenters. The Hall–Kier alpha value is -2.60. The number of nitrogens with zero attached hydrogens (tertiary/aromatic N) is 3. The summed E-state index contributed by atoms with van der Waals surface area (Å²) in [6, 6.07) is 17.5. The van der Waals surface area contributed by atoms with Gasteiger partial charge in [0.25, 0.3) is 0 Å². The molecule has 0 saturated carbocycles. The number of benzene rings is 2. The molecule has 0 atom stereocenters. The van der Waals surface area contributed by atoms with Gasteiger partial charge >= 0.3 is 0 Å². The van der Waals surface area contributed by atoms with Gasteiger partial charge in [0, 0.05) is 19.2 Å². The van der Waals surface area contributed by atoms with E-state index in [2.05, 4.69) is 22.3 Å². The number of ether oxygens (including phenoxy) is 1. The summed E-state index contributed by atoms with van der Waals surface area (Å²) in [5.41, 5.74) is 1.81. The van der Waals surface area contributed by atoms with Crippen molar-refractivity contribution >= 4 is 18.0 Å². The largest absolute Gasteiger partial charge is 0.493 e. The predicted molar refractivity (Wildman–Crippen MR) is 103 cm³/mol. The molecule has 26 heavy (non-hydrogen) atoms. The van der Waals surface area contributed by atoms with E-state index in [1.165, 1.54) is 5.56 Å². The van der Waals surface area contributed by atoms with E-state index in [1.807, 2.05) is 48.0 Å². The highest BCUT2D eigenvalue weighted by Crippen LogP contribution is 2.19. The van der Waals surface area contributed by atoms with Gasteiger partial charge in [0.2, 0.25) is 0 Å². The van der Waals surface area contributed by atoms with Crippen LogP contribution in [0.2, 0.25) is 0 Å². The molecule has 1 heterocycles. The SMILES string of the molecule is Cn1c(Cc2ccccc2)nnc1SCCCOc1ccccc1C=O. The van der Waals surface area contributed by atoms with E-state index in [0.717, 1.165) is 35.9 Å². The van der Waals surface area contributed by atoms with Gasteiger partial charge in [0.15, 0.2) is 11.4 Å². The zero-order valence-corrected chi connectivity index (χ0v) is 15.5. The number of aromatic nitrogens is 3. The molecule has 0 bridgehead atoms. The quantitative estimate of drug-likeness (QED) is 0.327. The lowest BCUT2D eigenvalue weighted by Gasteiger charge is -2.08. The summed E-state index contributed by atoms with van der Waals surface area (Å²) >= 11 is 1.66. The summed E-state index contributed by atoms with van der Waals surface area (Å²) < 4.78 is 7.73. The highest BCUT2D eigenvalue weighted by atomic mass is 32.2. The monoisotopic (exact) mass is 367 g/mol. The molecular formula is C20H21N3O2S. The summed E-state index contributed by atoms with van der Waals surface area (Å²) in [6.45, 7) is 0.562. The van der Waals surface area contributed by atoms with Crippen molar-refractivity contribution < 1.29 is 9.53 Å². The molecule has 5 nitrogen and oxygen atoms in total. The molecule has 134 valence electrons. The minimum absolute atomic E-state index is 0.562. The van der Waals surface area contributed by atoms with Crippen molar-refractivity contribution in [2.24, 2.45) is 7.05 Å². The number of aldehydes is 1. The van der Waals surface area contributed by atoms with Gasteiger partial charge < -0.3 is 9.30 Å². The van der Waals surface area contributed by atoms with Gasteiger partial charge in [-0.3, -0.25) is 4.79 Å². The Morgan fingerprint density at radius 1 is 1.08 bits per heavy atom. The van der Waals surface area contributed by atoms with Crippen LogP contribution in [0, 0.1) is 0 Å². The standard InChI is InChI=1S/C20H21N3O2S/c1-23-19(14-16-8-3-2-4-9-16)21-22-20(23)26-13-7-12-25-18-11-6-5-10-17(18)15-24/h2-6,8-11,15H,7,12-14H2,1H3. The van der Waals surface area contributed by atoms with E-state index in [4.69, 9.17) is 4.74 Å². The number of thioether (sulfide) groups is 1. The molecule has 2 aromatic carbocycles. The van der Waals surface area contributed by atoms with Crippen molar-refractivity contribution in [1.82, 2.24) is 14.8 Å². The first-order valence-electron chi connectivity index (χ1n) is 8.50. The fourth-order valence-electron chi connectivity index (χ4n) is 2.52. The number of hydrogen-bond acceptors (Lipinski definition) is 5. The van der Waals surface area contributed by atoms with E-state index in [-0.39, 0.29) is 0 Å². The van der Waals surface area contributed by atoms with Gasteiger partial charge in [-0.05, 0) is 24.1 Å². The Kier molecular flexibility index (Phi) is 6.44. The second-order valence-corrected chi connectivity index (χ2v) is 6.89. The normalized spacial score (nSPS) is 10.7. The zero-order chi connectivity index (χ0) is 18.2. The molecule has 0 aliphatic rings. The molecule has 3 rings (SSSR count). The molecule has 0 spiro atoms. The van der Waals surface area contributed by atoms with E-state index < -0.39 is 0 Å². The van der Waals surface area contributed by atoms with Crippen LogP contribution in [0.1, 0.15) is 28.2 Å². The molecule has 0 saturated heterocycles. The lowest BCUT2D eigenvalue weighted by molar-refractivity contribution is 0.111. The molecule has 0 amide bonds. The minimum Gasteiger partial charge on any atom is -0.493 e. The van der Waals surface area contributed by atoms with Gasteiger partial charge in [-0.2, -0.15) is 0 Å². The summed E-state index contributed by atoms with van der Waals surface area (Å²) in [4.78, 5) is 11.0. The Balaban J connectivity index is 1.46. The summed E-state index contributed by atoms with van der Waals surface area (Å²) in [5, 5.41) is 9.49. The molecule has 0 aliphatic carbocycles. The average molecular weight is 367 g/mol. The Morgan fingerprint density at radius 3 is 2.65 bits per heavy atom. The van der Waals surface area contributed by atoms with Gasteiger partial charge in [0.1, 0.15) is 11.6 Å². The van der Waals surface area contributed by atoms with Crippen LogP contribution >= 0.6 is 11.8 Å². The average Bonchev–Trinajstić information content (AvgIpc) is 3.02. The lowest BCUT2D eigenvalue weighted by Crippen LogP contribution is -2.02. The second kappa shape index (κ2) is 9.20. The maximum atomic E-state index is 11.0. The first-order valence-corrected chi connectivity index (χ1v) is 9.48. The third-order valence-corrected chi connectivity index (χ3v) is 5.06. The topological polar surface area (TPSA) is 57.0 Å². The van der Waals surface area contributed by atoms with Crippen LogP contribution < -0.4 is 4.74 Å². The molecule has 0 aliphatic heterocycles. The number of rotatable bonds is 9. The summed E-state index contributed by atoms with van der Waals surface area (Å²) in [5.74, 6) is 2.46. The fraction of sp³-hybridized carbons (Fsp3) is 0.250. The van der Waals surface area contributed by atoms with Crippen LogP contribution in [0.3, 0.4) is 0 Å². The van der Waals surface area contributed by atoms with Crippen LogP contribution in [0.15, 0.2) is 59.8 Å². The van der Waals surface area contributed by atoms with Crippen molar-refractivity contribution in [2.75, 3.05) is 12.4 Å². The lowest BCUT2D eigenvalue weighted by atomic mass is 10.1. The molecule has 1 aromatic heterocycles. The van der Waals surface area contributed by atoms with Crippen LogP contribution in [-0.4, -0.2) is 33.4 Å². The fourth-order valence-corrected chi connectivity index (χ4v) is 3.36. The Labute approximate surface area is 157 Å². The highest BCUT2D eigenvalue weighted by molar-refractivity contribution is 7.99. The number of hydrogen-bond donors (Lipinski definition) is 0. The predicted octanol–water partition coefficient (Wildman–Crippen LogP) is 3.78. The van der Waals surface area contributed by atoms with Gasteiger partial charge in [-0.15, -0.1) is 10.2 Å². The third kappa shape index (κ3) is 4.73. The van der Waals surface area contributed by atoms with Crippen LogP contribution in [0.5, 0.6) is 5.75 Å². The molecule has 3 aromatic rings. The van der Waals surface area contributed by atoms with Crippen LogP contribution in [-0.2, 0) is 13.5 Å². The van der Waals surface area contributed by atoms with Gasteiger partial charge in [0.05, 0.1) is 12.2 Å². The van der Waals surface area contributed by atoms with Gasteiger partial charge in [-0.1, -0.05) is 54.2 Å². The van der Waals surface area contributed by atoms with E-state index in [1.54, 1.807) is 17.8 Å². The maximum Gasteiger partial charge on any atom is 0.190 e. The molecule has 0 N–H and O–H groups in total. The van der Waals surface area contributed by atoms with E-state index in [9.17, 15) is 4.79 Å².